The molecule has 0 spiro atoms. The third kappa shape index (κ3) is 4.39. The van der Waals surface area contributed by atoms with Gasteiger partial charge in [0.15, 0.2) is 0 Å². The molecule has 1 aromatic rings. The Morgan fingerprint density at radius 2 is 1.29 bits per heavy atom. The van der Waals surface area contributed by atoms with E-state index in [0.717, 1.165) is 12.4 Å². The van der Waals surface area contributed by atoms with Crippen molar-refractivity contribution in [3.63, 3.8) is 0 Å². The molecule has 0 aromatic carbocycles. The summed E-state index contributed by atoms with van der Waals surface area (Å²) in [4.78, 5) is 13.4. The number of hydrogen-bond donors (Lipinski definition) is 3. The lowest BCUT2D eigenvalue weighted by Gasteiger charge is -2.03. The van der Waals surface area contributed by atoms with Crippen molar-refractivity contribution in [3.05, 3.63) is 22.6 Å². The molecule has 10 nitrogen and oxygen atoms in total. The minimum Gasteiger partial charge on any atom is -0.361 e. The minimum atomic E-state index is -4.95. The Morgan fingerprint density at radius 1 is 0.941 bits per heavy atom. The highest BCUT2D eigenvalue weighted by Gasteiger charge is 2.17. The van der Waals surface area contributed by atoms with E-state index >= 15 is 0 Å². The Morgan fingerprint density at radius 3 is 1.59 bits per heavy atom. The van der Waals surface area contributed by atoms with Crippen molar-refractivity contribution in [1.29, 1.82) is 0 Å². The molecule has 0 aliphatic carbocycles. The molecule has 1 heterocycles. The van der Waals surface area contributed by atoms with Crippen molar-refractivity contribution in [2.45, 2.75) is 0 Å². The minimum absolute atomic E-state index is 0.729. The second-order valence-corrected chi connectivity index (χ2v) is 4.58. The third-order valence-electron chi connectivity index (χ3n) is 1.27. The summed E-state index contributed by atoms with van der Waals surface area (Å²) in [7, 11) is -9.90. The van der Waals surface area contributed by atoms with Gasteiger partial charge in [-0.2, -0.15) is 16.8 Å². The van der Waals surface area contributed by atoms with E-state index < -0.39 is 37.7 Å². The molecule has 0 atom stereocenters. The van der Waals surface area contributed by atoms with Crippen molar-refractivity contribution in [1.82, 2.24) is 4.98 Å². The molecule has 0 aliphatic rings. The molecule has 3 N–H and O–H groups in total. The fourth-order valence-corrected chi connectivity index (χ4v) is 1.50. The van der Waals surface area contributed by atoms with Crippen LogP contribution in [0.4, 0.5) is 0 Å². The smallest absolute Gasteiger partial charge is 0.361 e. The van der Waals surface area contributed by atoms with Gasteiger partial charge in [0.25, 0.3) is 5.43 Å². The quantitative estimate of drug-likeness (QED) is 0.574. The van der Waals surface area contributed by atoms with Gasteiger partial charge < -0.3 is 13.4 Å². The van der Waals surface area contributed by atoms with Gasteiger partial charge in [0.1, 0.15) is 0 Å². The number of aromatic nitrogens is 1. The summed E-state index contributed by atoms with van der Waals surface area (Å²) >= 11 is 0. The molecule has 1 aromatic heterocycles. The van der Waals surface area contributed by atoms with Crippen molar-refractivity contribution >= 4 is 20.8 Å². The number of nitrogens with one attached hydrogen (secondary N) is 1. The molecular formula is C5H5NO9S2. The van der Waals surface area contributed by atoms with Gasteiger partial charge in [-0.1, -0.05) is 0 Å². The van der Waals surface area contributed by atoms with Gasteiger partial charge in [-0.25, -0.2) is 0 Å². The van der Waals surface area contributed by atoms with Crippen molar-refractivity contribution in [3.8, 4) is 11.5 Å². The van der Waals surface area contributed by atoms with Crippen LogP contribution in [0.25, 0.3) is 0 Å². The number of pyridine rings is 1. The van der Waals surface area contributed by atoms with Gasteiger partial charge in [-0.3, -0.25) is 13.9 Å². The average Bonchev–Trinajstić information content (AvgIpc) is 2.07. The monoisotopic (exact) mass is 287 g/mol. The molecule has 0 unspecified atom stereocenters. The highest BCUT2D eigenvalue weighted by atomic mass is 32.3. The van der Waals surface area contributed by atoms with E-state index in [9.17, 15) is 21.6 Å². The number of rotatable bonds is 4. The Bertz CT molecular complexity index is 614. The van der Waals surface area contributed by atoms with Crippen LogP contribution in [-0.2, 0) is 20.8 Å². The largest absolute Gasteiger partial charge is 0.446 e. The van der Waals surface area contributed by atoms with E-state index in [1.807, 2.05) is 0 Å². The van der Waals surface area contributed by atoms with Crippen LogP contribution in [0.15, 0.2) is 17.2 Å². The second kappa shape index (κ2) is 4.33. The molecule has 0 fully saturated rings. The van der Waals surface area contributed by atoms with Crippen LogP contribution in [0.5, 0.6) is 11.5 Å². The first-order valence-corrected chi connectivity index (χ1v) is 6.36. The lowest BCUT2D eigenvalue weighted by atomic mass is 10.4. The predicted octanol–water partition coefficient (Wildman–Crippen LogP) is -1.26. The van der Waals surface area contributed by atoms with Gasteiger partial charge in [0, 0.05) is 12.4 Å². The van der Waals surface area contributed by atoms with E-state index in [1.54, 1.807) is 0 Å². The van der Waals surface area contributed by atoms with Crippen molar-refractivity contribution in [2.75, 3.05) is 0 Å². The number of aromatic amines is 1. The summed E-state index contributed by atoms with van der Waals surface area (Å²) in [6.45, 7) is 0. The van der Waals surface area contributed by atoms with E-state index in [2.05, 4.69) is 13.4 Å². The Balaban J connectivity index is 3.22. The fourth-order valence-electron chi connectivity index (χ4n) is 0.796. The van der Waals surface area contributed by atoms with E-state index in [0.29, 0.717) is 0 Å². The van der Waals surface area contributed by atoms with Crippen LogP contribution >= 0.6 is 0 Å². The second-order valence-electron chi connectivity index (χ2n) is 2.54. The Kier molecular flexibility index (Phi) is 3.42. The summed E-state index contributed by atoms with van der Waals surface area (Å²) < 4.78 is 65.5. The lowest BCUT2D eigenvalue weighted by molar-refractivity contribution is 0.378. The molecule has 0 amide bonds. The van der Waals surface area contributed by atoms with Crippen molar-refractivity contribution < 1.29 is 34.3 Å². The highest BCUT2D eigenvalue weighted by Crippen LogP contribution is 2.11. The van der Waals surface area contributed by atoms with E-state index in [4.69, 9.17) is 9.11 Å². The van der Waals surface area contributed by atoms with E-state index in [1.165, 1.54) is 0 Å². The van der Waals surface area contributed by atoms with Crippen LogP contribution in [0.1, 0.15) is 0 Å². The normalized spacial score (nSPS) is 12.1. The zero-order valence-electron chi connectivity index (χ0n) is 7.72. The van der Waals surface area contributed by atoms with Gasteiger partial charge in [-0.05, 0) is 0 Å². The van der Waals surface area contributed by atoms with Gasteiger partial charge in [0.2, 0.25) is 11.5 Å². The van der Waals surface area contributed by atoms with E-state index in [-0.39, 0.29) is 0 Å². The predicted molar refractivity (Wildman–Crippen MR) is 51.4 cm³/mol. The summed E-state index contributed by atoms with van der Waals surface area (Å²) in [5.74, 6) is -1.87. The molecule has 1 rings (SSSR count). The fraction of sp³-hybridized carbons (Fsp3) is 0. The van der Waals surface area contributed by atoms with Gasteiger partial charge in [-0.15, -0.1) is 0 Å². The number of hydrogen-bond acceptors (Lipinski definition) is 7. The zero-order valence-corrected chi connectivity index (χ0v) is 9.36. The first-order chi connectivity index (χ1) is 7.58. The van der Waals surface area contributed by atoms with Crippen LogP contribution in [-0.4, -0.2) is 30.9 Å². The molecule has 96 valence electrons. The molecule has 12 heteroatoms. The van der Waals surface area contributed by atoms with Gasteiger partial charge in [0.05, 0.1) is 0 Å². The molecule has 0 bridgehead atoms. The molecule has 0 radical (unpaired) electrons. The first kappa shape index (κ1) is 13.4. The van der Waals surface area contributed by atoms with Crippen LogP contribution < -0.4 is 13.8 Å². The standard InChI is InChI=1S/C5H5NO9S2/c7-5-3(14-16(8,9)10)1-6-2-4(5)15-17(11,12)13/h1-2H,(H,6,7)(H,8,9,10)(H,11,12,13). The van der Waals surface area contributed by atoms with Crippen LogP contribution in [0.3, 0.4) is 0 Å². The van der Waals surface area contributed by atoms with Gasteiger partial charge >= 0.3 is 20.8 Å². The Labute approximate surface area is 94.7 Å². The molecular weight excluding hydrogens is 282 g/mol. The Hall–Kier alpha value is -1.63. The number of H-pyrrole nitrogens is 1. The molecule has 0 saturated carbocycles. The topological polar surface area (TPSA) is 160 Å². The first-order valence-electron chi connectivity index (χ1n) is 3.63. The van der Waals surface area contributed by atoms with Crippen molar-refractivity contribution in [2.24, 2.45) is 0 Å². The molecule has 17 heavy (non-hydrogen) atoms. The summed E-state index contributed by atoms with van der Waals surface area (Å²) in [6, 6.07) is 0. The third-order valence-corrected chi connectivity index (χ3v) is 2.05. The molecule has 0 saturated heterocycles. The maximum Gasteiger partial charge on any atom is 0.446 e. The maximum absolute atomic E-state index is 11.3. The zero-order chi connectivity index (χ0) is 13.3. The lowest BCUT2D eigenvalue weighted by Crippen LogP contribution is -2.18. The average molecular weight is 287 g/mol. The highest BCUT2D eigenvalue weighted by molar-refractivity contribution is 7.81. The van der Waals surface area contributed by atoms with Crippen LogP contribution in [0.2, 0.25) is 0 Å². The summed E-state index contributed by atoms with van der Waals surface area (Å²) in [6.07, 6.45) is 1.46. The summed E-state index contributed by atoms with van der Waals surface area (Å²) in [5.41, 5.74) is -1.31. The molecule has 0 aliphatic heterocycles. The maximum atomic E-state index is 11.3. The summed E-state index contributed by atoms with van der Waals surface area (Å²) in [5, 5.41) is 0. The van der Waals surface area contributed by atoms with Crippen LogP contribution in [0, 0.1) is 0 Å². The SMILES string of the molecule is O=c1c(OS(=O)(=O)O)c[nH]cc1OS(=O)(=O)O.